The summed E-state index contributed by atoms with van der Waals surface area (Å²) < 4.78 is 0. The minimum Gasteiger partial charge on any atom is -0.477 e. The van der Waals surface area contributed by atoms with Crippen molar-refractivity contribution >= 4 is 17.7 Å². The number of aliphatic carboxylic acids is 1. The lowest BCUT2D eigenvalue weighted by atomic mass is 9.92. The molecule has 1 saturated heterocycles. The van der Waals surface area contributed by atoms with Gasteiger partial charge in [0.15, 0.2) is 0 Å². The minimum atomic E-state index is -0.776. The molecule has 2 aliphatic rings. The van der Waals surface area contributed by atoms with Crippen LogP contribution in [0.5, 0.6) is 0 Å². The summed E-state index contributed by atoms with van der Waals surface area (Å²) in [5.41, 5.74) is 1.73. The largest absolute Gasteiger partial charge is 0.477 e. The number of fused-ring (bicyclic) bond motifs is 1. The fraction of sp³-hybridized carbons (Fsp3) is 0.429. The average molecular weight is 276 g/mol. The Bertz CT molecular complexity index is 515. The third-order valence-corrected chi connectivity index (χ3v) is 4.99. The summed E-state index contributed by atoms with van der Waals surface area (Å²) in [6.07, 6.45) is 6.68. The fourth-order valence-corrected chi connectivity index (χ4v) is 3.78. The van der Waals surface area contributed by atoms with Gasteiger partial charge in [-0.3, -0.25) is 4.98 Å². The Hall–Kier alpha value is -1.49. The number of aromatic nitrogens is 1. The van der Waals surface area contributed by atoms with E-state index in [1.54, 1.807) is 24.2 Å². The third kappa shape index (κ3) is 2.47. The number of carbonyl (C=O) groups is 1. The van der Waals surface area contributed by atoms with Crippen LogP contribution in [0.3, 0.4) is 0 Å². The molecule has 1 unspecified atom stereocenters. The van der Waals surface area contributed by atoms with Crippen molar-refractivity contribution in [3.8, 4) is 0 Å². The zero-order valence-electron chi connectivity index (χ0n) is 10.6. The van der Waals surface area contributed by atoms with Crippen molar-refractivity contribution < 1.29 is 9.90 Å². The van der Waals surface area contributed by atoms with E-state index < -0.39 is 5.97 Å². The lowest BCUT2D eigenvalue weighted by Gasteiger charge is -2.46. The predicted octanol–water partition coefficient (Wildman–Crippen LogP) is 2.48. The van der Waals surface area contributed by atoms with Crippen LogP contribution in [0.2, 0.25) is 0 Å². The first-order valence-corrected chi connectivity index (χ1v) is 7.49. The van der Waals surface area contributed by atoms with Crippen LogP contribution >= 0.6 is 11.8 Å². The normalized spacial score (nSPS) is 21.9. The summed E-state index contributed by atoms with van der Waals surface area (Å²) in [6, 6.07) is 4.42. The molecule has 19 heavy (non-hydrogen) atoms. The second kappa shape index (κ2) is 5.25. The maximum atomic E-state index is 11.4. The summed E-state index contributed by atoms with van der Waals surface area (Å²) in [5.74, 6) is 0.0364. The van der Waals surface area contributed by atoms with Crippen LogP contribution in [-0.4, -0.2) is 33.5 Å². The molecule has 0 aliphatic carbocycles. The summed E-state index contributed by atoms with van der Waals surface area (Å²) in [4.78, 5) is 18.5. The van der Waals surface area contributed by atoms with Gasteiger partial charge >= 0.3 is 5.97 Å². The predicted molar refractivity (Wildman–Crippen MR) is 74.5 cm³/mol. The molecule has 3 heterocycles. The molecule has 1 aromatic heterocycles. The molecular formula is C14H16N2O2S. The molecule has 3 rings (SSSR count). The molecule has 1 atom stereocenters. The highest BCUT2D eigenvalue weighted by molar-refractivity contribution is 8.02. The van der Waals surface area contributed by atoms with E-state index in [0.29, 0.717) is 11.7 Å². The van der Waals surface area contributed by atoms with Gasteiger partial charge in [0, 0.05) is 35.6 Å². The summed E-state index contributed by atoms with van der Waals surface area (Å²) in [5, 5.41) is 9.41. The monoisotopic (exact) mass is 276 g/mol. The first-order valence-electron chi connectivity index (χ1n) is 6.50. The maximum Gasteiger partial charge on any atom is 0.353 e. The fourth-order valence-electron chi connectivity index (χ4n) is 2.64. The second-order valence-corrected chi connectivity index (χ2v) is 5.97. The van der Waals surface area contributed by atoms with Crippen molar-refractivity contribution in [2.45, 2.75) is 31.1 Å². The van der Waals surface area contributed by atoms with E-state index in [9.17, 15) is 9.90 Å². The Morgan fingerprint density at radius 2 is 2.21 bits per heavy atom. The van der Waals surface area contributed by atoms with E-state index in [0.717, 1.165) is 36.5 Å². The summed E-state index contributed by atoms with van der Waals surface area (Å²) in [7, 11) is 0. The molecule has 4 nitrogen and oxygen atoms in total. The van der Waals surface area contributed by atoms with Crippen LogP contribution in [0.25, 0.3) is 0 Å². The van der Waals surface area contributed by atoms with Crippen LogP contribution in [0, 0.1) is 0 Å². The van der Waals surface area contributed by atoms with Crippen molar-refractivity contribution in [2.75, 3.05) is 6.54 Å². The van der Waals surface area contributed by atoms with Crippen LogP contribution in [-0.2, 0) is 10.5 Å². The molecule has 1 N–H and O–H groups in total. The van der Waals surface area contributed by atoms with E-state index in [2.05, 4.69) is 9.88 Å². The van der Waals surface area contributed by atoms with Gasteiger partial charge in [-0.2, -0.15) is 0 Å². The molecule has 1 aromatic rings. The van der Waals surface area contributed by atoms with Gasteiger partial charge < -0.3 is 10.0 Å². The quantitative estimate of drug-likeness (QED) is 0.915. The van der Waals surface area contributed by atoms with Crippen LogP contribution < -0.4 is 0 Å². The lowest BCUT2D eigenvalue weighted by molar-refractivity contribution is -0.136. The SMILES string of the molecule is O=C(O)C1=C(SCc2ccncc2)CCC2CCN12. The highest BCUT2D eigenvalue weighted by Crippen LogP contribution is 2.40. The Labute approximate surface area is 116 Å². The molecule has 0 saturated carbocycles. The summed E-state index contributed by atoms with van der Waals surface area (Å²) in [6.45, 7) is 0.894. The molecule has 0 radical (unpaired) electrons. The number of allylic oxidation sites excluding steroid dienone is 1. The highest BCUT2D eigenvalue weighted by atomic mass is 32.2. The van der Waals surface area contributed by atoms with Gasteiger partial charge in [-0.05, 0) is 37.0 Å². The molecule has 1 fully saturated rings. The van der Waals surface area contributed by atoms with Crippen molar-refractivity contribution in [1.82, 2.24) is 9.88 Å². The molecule has 0 spiro atoms. The molecular weight excluding hydrogens is 260 g/mol. The molecule has 100 valence electrons. The average Bonchev–Trinajstić information content (AvgIpc) is 2.39. The molecule has 5 heteroatoms. The number of nitrogens with zero attached hydrogens (tertiary/aromatic N) is 2. The minimum absolute atomic E-state index is 0.469. The van der Waals surface area contributed by atoms with Crippen molar-refractivity contribution in [3.05, 3.63) is 40.7 Å². The first-order chi connectivity index (χ1) is 9.25. The van der Waals surface area contributed by atoms with Gasteiger partial charge in [-0.15, -0.1) is 11.8 Å². The van der Waals surface area contributed by atoms with E-state index in [-0.39, 0.29) is 0 Å². The van der Waals surface area contributed by atoms with Crippen molar-refractivity contribution in [1.29, 1.82) is 0 Å². The number of rotatable bonds is 4. The number of pyridine rings is 1. The highest BCUT2D eigenvalue weighted by Gasteiger charge is 2.37. The topological polar surface area (TPSA) is 53.4 Å². The zero-order valence-corrected chi connectivity index (χ0v) is 11.4. The van der Waals surface area contributed by atoms with Crippen molar-refractivity contribution in [2.24, 2.45) is 0 Å². The van der Waals surface area contributed by atoms with Gasteiger partial charge in [-0.1, -0.05) is 0 Å². The van der Waals surface area contributed by atoms with Crippen LogP contribution in [0.4, 0.5) is 0 Å². The first kappa shape index (κ1) is 12.5. The van der Waals surface area contributed by atoms with Gasteiger partial charge in [0.1, 0.15) is 5.70 Å². The molecule has 2 aliphatic heterocycles. The number of carboxylic acid groups (broad SMARTS) is 1. The smallest absolute Gasteiger partial charge is 0.353 e. The van der Waals surface area contributed by atoms with Gasteiger partial charge in [0.2, 0.25) is 0 Å². The van der Waals surface area contributed by atoms with E-state index in [1.165, 1.54) is 5.56 Å². The molecule has 0 amide bonds. The number of thioether (sulfide) groups is 1. The number of carboxylic acids is 1. The zero-order chi connectivity index (χ0) is 13.2. The van der Waals surface area contributed by atoms with E-state index in [1.807, 2.05) is 12.1 Å². The Morgan fingerprint density at radius 3 is 2.84 bits per heavy atom. The number of hydrogen-bond acceptors (Lipinski definition) is 4. The maximum absolute atomic E-state index is 11.4. The second-order valence-electron chi connectivity index (χ2n) is 4.90. The van der Waals surface area contributed by atoms with Crippen LogP contribution in [0.1, 0.15) is 24.8 Å². The standard InChI is InChI=1S/C14H16N2O2S/c17-14(18)13-12(2-1-11-5-8-16(11)13)19-9-10-3-6-15-7-4-10/h3-4,6-7,11H,1-2,5,8-9H2,(H,17,18). The van der Waals surface area contributed by atoms with Gasteiger partial charge in [-0.25, -0.2) is 4.79 Å². The molecule has 0 bridgehead atoms. The van der Waals surface area contributed by atoms with Crippen LogP contribution in [0.15, 0.2) is 35.1 Å². The van der Waals surface area contributed by atoms with Gasteiger partial charge in [0.05, 0.1) is 0 Å². The summed E-state index contributed by atoms with van der Waals surface area (Å²) >= 11 is 1.66. The third-order valence-electron chi connectivity index (χ3n) is 3.76. The van der Waals surface area contributed by atoms with E-state index >= 15 is 0 Å². The number of hydrogen-bond donors (Lipinski definition) is 1. The Kier molecular flexibility index (Phi) is 3.46. The lowest BCUT2D eigenvalue weighted by Crippen LogP contribution is -2.50. The van der Waals surface area contributed by atoms with Crippen molar-refractivity contribution in [3.63, 3.8) is 0 Å². The molecule has 0 aromatic carbocycles. The van der Waals surface area contributed by atoms with Gasteiger partial charge in [0.25, 0.3) is 0 Å². The van der Waals surface area contributed by atoms with E-state index in [4.69, 9.17) is 0 Å². The Balaban J connectivity index is 1.75. The Morgan fingerprint density at radius 1 is 1.42 bits per heavy atom.